The van der Waals surface area contributed by atoms with Crippen LogP contribution in [0.1, 0.15) is 40.2 Å². The molecule has 7 rings (SSSR count). The van der Waals surface area contributed by atoms with E-state index in [9.17, 15) is 9.90 Å². The van der Waals surface area contributed by atoms with Crippen molar-refractivity contribution >= 4 is 6.09 Å². The van der Waals surface area contributed by atoms with Gasteiger partial charge >= 0.3 is 6.09 Å². The Bertz CT molecular complexity index is 1760. The number of ether oxygens (including phenoxy) is 4. The summed E-state index contributed by atoms with van der Waals surface area (Å²) >= 11 is 0. The van der Waals surface area contributed by atoms with E-state index in [0.717, 1.165) is 39.3 Å². The van der Waals surface area contributed by atoms with Gasteiger partial charge in [-0.25, -0.2) is 4.79 Å². The summed E-state index contributed by atoms with van der Waals surface area (Å²) in [5, 5.41) is 10.8. The highest BCUT2D eigenvalue weighted by Crippen LogP contribution is 2.45. The predicted molar refractivity (Wildman–Crippen MR) is 184 cm³/mol. The first-order chi connectivity index (χ1) is 23.5. The molecule has 2 atom stereocenters. The monoisotopic (exact) mass is 641 g/mol. The van der Waals surface area contributed by atoms with E-state index < -0.39 is 23.8 Å². The van der Waals surface area contributed by atoms with Gasteiger partial charge in [-0.2, -0.15) is 0 Å². The number of carbonyl (C=O) groups is 1. The highest BCUT2D eigenvalue weighted by Gasteiger charge is 2.42. The Kier molecular flexibility index (Phi) is 8.89. The number of aliphatic hydroxyl groups excluding tert-OH is 1. The highest BCUT2D eigenvalue weighted by atomic mass is 16.6. The third kappa shape index (κ3) is 5.80. The largest absolute Gasteiger partial charge is 0.497 e. The van der Waals surface area contributed by atoms with Crippen molar-refractivity contribution in [2.24, 2.45) is 0 Å². The van der Waals surface area contributed by atoms with E-state index in [4.69, 9.17) is 18.9 Å². The van der Waals surface area contributed by atoms with Crippen molar-refractivity contribution < 1.29 is 28.8 Å². The van der Waals surface area contributed by atoms with Gasteiger partial charge in [0.25, 0.3) is 0 Å². The molecule has 5 aromatic carbocycles. The fourth-order valence-electron chi connectivity index (χ4n) is 7.25. The molecule has 1 aliphatic heterocycles. The van der Waals surface area contributed by atoms with E-state index in [1.54, 1.807) is 19.1 Å². The Labute approximate surface area is 281 Å². The van der Waals surface area contributed by atoms with Gasteiger partial charge in [-0.1, -0.05) is 103 Å². The van der Waals surface area contributed by atoms with E-state index in [1.165, 1.54) is 11.1 Å². The van der Waals surface area contributed by atoms with Gasteiger partial charge in [-0.3, -0.25) is 0 Å². The van der Waals surface area contributed by atoms with Crippen molar-refractivity contribution in [3.05, 3.63) is 155 Å². The summed E-state index contributed by atoms with van der Waals surface area (Å²) in [6.45, 7) is 0.543. The molecule has 0 spiro atoms. The maximum Gasteiger partial charge on any atom is 0.410 e. The summed E-state index contributed by atoms with van der Waals surface area (Å²) < 4.78 is 24.1. The third-order valence-corrected chi connectivity index (χ3v) is 9.63. The molecule has 0 bridgehead atoms. The summed E-state index contributed by atoms with van der Waals surface area (Å²) in [5.74, 6) is 1.41. The number of fused-ring (bicyclic) bond motifs is 3. The first-order valence-electron chi connectivity index (χ1n) is 16.3. The number of amides is 1. The normalized spacial score (nSPS) is 17.1. The number of carbonyl (C=O) groups excluding carboxylic acids is 1. The van der Waals surface area contributed by atoms with Crippen LogP contribution in [0, 0.1) is 0 Å². The van der Waals surface area contributed by atoms with Gasteiger partial charge < -0.3 is 29.0 Å². The molecule has 0 radical (unpaired) electrons. The molecule has 0 unspecified atom stereocenters. The second-order valence-corrected chi connectivity index (χ2v) is 12.3. The minimum absolute atomic E-state index is 0.0561. The van der Waals surface area contributed by atoms with E-state index in [0.29, 0.717) is 6.42 Å². The number of nitrogens with zero attached hydrogens (tertiary/aromatic N) is 1. The van der Waals surface area contributed by atoms with Crippen LogP contribution in [0.2, 0.25) is 0 Å². The molecule has 1 amide bonds. The maximum absolute atomic E-state index is 13.8. The Morgan fingerprint density at radius 3 is 1.73 bits per heavy atom. The Hall–Kier alpha value is -5.11. The van der Waals surface area contributed by atoms with Crippen LogP contribution >= 0.6 is 0 Å². The molecule has 244 valence electrons. The van der Waals surface area contributed by atoms with Gasteiger partial charge in [0.05, 0.1) is 39.5 Å². The van der Waals surface area contributed by atoms with Crippen molar-refractivity contribution in [1.29, 1.82) is 0 Å². The van der Waals surface area contributed by atoms with Crippen LogP contribution in [0.15, 0.2) is 127 Å². The standard InChI is InChI=1S/C41H39NO6/c1-45-33-20-16-29(17-21-33)41(28-10-4-3-5-11-28,30-18-22-34(46-2)23-19-30)48-26-31-24-32(43)25-42(31)40(44)47-27-39-37-14-8-6-12-35(37)36-13-7-9-15-38(36)39/h3-23,31-32,39,43H,24-27H2,1-2H3/t31-,32+/m0/s1. The van der Waals surface area contributed by atoms with Crippen molar-refractivity contribution in [3.63, 3.8) is 0 Å². The van der Waals surface area contributed by atoms with Crippen molar-refractivity contribution in [2.45, 2.75) is 30.1 Å². The lowest BCUT2D eigenvalue weighted by Gasteiger charge is -2.37. The molecule has 1 heterocycles. The number of hydrogen-bond acceptors (Lipinski definition) is 6. The molecular weight excluding hydrogens is 602 g/mol. The summed E-state index contributed by atoms with van der Waals surface area (Å²) in [7, 11) is 3.28. The number of benzene rings is 5. The lowest BCUT2D eigenvalue weighted by Crippen LogP contribution is -2.42. The number of β-amino-alcohol motifs (C(OH)–C–C–N with tert-alkyl or cyclic N) is 1. The molecule has 7 heteroatoms. The van der Waals surface area contributed by atoms with Gasteiger partial charge in [-0.05, 0) is 69.6 Å². The van der Waals surface area contributed by atoms with E-state index in [-0.39, 0.29) is 25.7 Å². The van der Waals surface area contributed by atoms with Crippen molar-refractivity contribution in [2.75, 3.05) is 34.0 Å². The number of hydrogen-bond donors (Lipinski definition) is 1. The van der Waals surface area contributed by atoms with E-state index in [2.05, 4.69) is 24.3 Å². The zero-order valence-electron chi connectivity index (χ0n) is 27.1. The Morgan fingerprint density at radius 2 is 1.19 bits per heavy atom. The molecule has 0 saturated carbocycles. The van der Waals surface area contributed by atoms with Gasteiger partial charge in [0, 0.05) is 5.92 Å². The third-order valence-electron chi connectivity index (χ3n) is 9.63. The smallest absolute Gasteiger partial charge is 0.410 e. The summed E-state index contributed by atoms with van der Waals surface area (Å²) in [4.78, 5) is 15.4. The number of rotatable bonds is 10. The summed E-state index contributed by atoms with van der Waals surface area (Å²) in [5.41, 5.74) is 6.32. The minimum Gasteiger partial charge on any atom is -0.497 e. The average Bonchev–Trinajstić information content (AvgIpc) is 3.68. The molecule has 48 heavy (non-hydrogen) atoms. The zero-order chi connectivity index (χ0) is 33.1. The van der Waals surface area contributed by atoms with Crippen LogP contribution in [-0.4, -0.2) is 62.2 Å². The van der Waals surface area contributed by atoms with Gasteiger partial charge in [-0.15, -0.1) is 0 Å². The molecule has 2 aliphatic rings. The highest BCUT2D eigenvalue weighted by molar-refractivity contribution is 5.79. The fraction of sp³-hybridized carbons (Fsp3) is 0.244. The first-order valence-corrected chi connectivity index (χ1v) is 16.3. The maximum atomic E-state index is 13.8. The molecule has 5 aromatic rings. The van der Waals surface area contributed by atoms with Gasteiger partial charge in [0.2, 0.25) is 0 Å². The molecule has 1 fully saturated rings. The Morgan fingerprint density at radius 1 is 0.688 bits per heavy atom. The van der Waals surface area contributed by atoms with Crippen LogP contribution in [0.5, 0.6) is 11.5 Å². The lowest BCUT2D eigenvalue weighted by atomic mass is 9.80. The topological polar surface area (TPSA) is 77.5 Å². The van der Waals surface area contributed by atoms with Crippen LogP contribution in [0.25, 0.3) is 11.1 Å². The van der Waals surface area contributed by atoms with Crippen molar-refractivity contribution in [3.8, 4) is 22.6 Å². The Balaban J connectivity index is 1.17. The minimum atomic E-state index is -1.04. The average molecular weight is 642 g/mol. The quantitative estimate of drug-likeness (QED) is 0.160. The molecule has 1 aliphatic carbocycles. The number of likely N-dealkylation sites (tertiary alicyclic amines) is 1. The number of methoxy groups -OCH3 is 2. The zero-order valence-corrected chi connectivity index (χ0v) is 27.1. The van der Waals surface area contributed by atoms with Crippen LogP contribution in [-0.2, 0) is 15.1 Å². The summed E-state index contributed by atoms with van der Waals surface area (Å²) in [6, 6.07) is 41.9. The predicted octanol–water partition coefficient (Wildman–Crippen LogP) is 7.40. The second-order valence-electron chi connectivity index (χ2n) is 12.3. The van der Waals surface area contributed by atoms with Gasteiger partial charge in [0.1, 0.15) is 23.7 Å². The molecular formula is C41H39NO6. The van der Waals surface area contributed by atoms with E-state index >= 15 is 0 Å². The molecule has 1 N–H and O–H groups in total. The lowest BCUT2D eigenvalue weighted by molar-refractivity contribution is -0.0159. The molecule has 0 aromatic heterocycles. The summed E-state index contributed by atoms with van der Waals surface area (Å²) in [6.07, 6.45) is -0.770. The van der Waals surface area contributed by atoms with E-state index in [1.807, 2.05) is 103 Å². The fourth-order valence-corrected chi connectivity index (χ4v) is 7.25. The van der Waals surface area contributed by atoms with Crippen molar-refractivity contribution in [1.82, 2.24) is 4.90 Å². The number of aliphatic hydroxyl groups is 1. The van der Waals surface area contributed by atoms with Crippen LogP contribution in [0.4, 0.5) is 4.79 Å². The molecule has 7 nitrogen and oxygen atoms in total. The van der Waals surface area contributed by atoms with Gasteiger partial charge in [0.15, 0.2) is 0 Å². The van der Waals surface area contributed by atoms with Crippen LogP contribution < -0.4 is 9.47 Å². The molecule has 1 saturated heterocycles. The SMILES string of the molecule is COc1ccc(C(OC[C@@H]2C[C@@H](O)CN2C(=O)OCC2c3ccccc3-c3ccccc32)(c2ccccc2)c2ccc(OC)cc2)cc1. The van der Waals surface area contributed by atoms with Crippen LogP contribution in [0.3, 0.4) is 0 Å². The second kappa shape index (κ2) is 13.6. The first kappa shape index (κ1) is 31.5.